The zero-order valence-corrected chi connectivity index (χ0v) is 18.8. The van der Waals surface area contributed by atoms with Crippen molar-refractivity contribution in [2.75, 3.05) is 24.6 Å². The molecule has 0 fully saturated rings. The molecule has 0 spiro atoms. The van der Waals surface area contributed by atoms with Gasteiger partial charge < -0.3 is 13.8 Å². The lowest BCUT2D eigenvalue weighted by atomic mass is 10.2. The van der Waals surface area contributed by atoms with Crippen LogP contribution >= 0.6 is 0 Å². The number of carbonyl (C=O) groups excluding carboxylic acids is 1. The second kappa shape index (κ2) is 10.1. The topological polar surface area (TPSA) is 38.8 Å². The minimum atomic E-state index is -1.85. The third-order valence-corrected chi connectivity index (χ3v) is 7.15. The number of nitrogens with zero attached hydrogens (tertiary/aromatic N) is 1. The normalized spacial score (nSPS) is 12.1. The summed E-state index contributed by atoms with van der Waals surface area (Å²) in [5.41, 5.74) is 1.07. The number of benzene rings is 1. The third kappa shape index (κ3) is 9.82. The van der Waals surface area contributed by atoms with Crippen LogP contribution < -0.4 is 4.90 Å². The highest BCUT2D eigenvalue weighted by molar-refractivity contribution is 6.71. The van der Waals surface area contributed by atoms with Gasteiger partial charge in [0.25, 0.3) is 0 Å². The van der Waals surface area contributed by atoms with Crippen molar-refractivity contribution in [2.24, 2.45) is 0 Å². The van der Waals surface area contributed by atoms with Crippen molar-refractivity contribution in [3.8, 4) is 0 Å². The Bertz CT molecular complexity index is 515. The highest BCUT2D eigenvalue weighted by atomic mass is 28.4. The summed E-state index contributed by atoms with van der Waals surface area (Å²) >= 11 is 0. The first-order valence-electron chi connectivity index (χ1n) is 9.29. The van der Waals surface area contributed by atoms with Gasteiger partial charge in [-0.3, -0.25) is 4.79 Å². The number of para-hydroxylation sites is 1. The van der Waals surface area contributed by atoms with E-state index in [1.165, 1.54) is 0 Å². The van der Waals surface area contributed by atoms with Crippen LogP contribution in [0, 0.1) is 0 Å². The van der Waals surface area contributed by atoms with Crippen molar-refractivity contribution < 1.29 is 13.6 Å². The van der Waals surface area contributed by atoms with Gasteiger partial charge in [-0.05, 0) is 63.8 Å². The standard InChI is InChI=1S/C19H35NO3Si2/c1-7-15-22-25(5,6)16-11-14-20(18-12-9-8-10-13-18)17-19(21)23-24(2,3)4/h8-10,12-13H,7,11,14-17H2,1-6H3. The molecule has 4 nitrogen and oxygen atoms in total. The van der Waals surface area contributed by atoms with Crippen LogP contribution in [0.3, 0.4) is 0 Å². The van der Waals surface area contributed by atoms with Gasteiger partial charge in [0.05, 0.1) is 0 Å². The summed E-state index contributed by atoms with van der Waals surface area (Å²) in [6.45, 7) is 14.8. The second-order valence-electron chi connectivity index (χ2n) is 8.06. The van der Waals surface area contributed by atoms with Crippen molar-refractivity contribution in [3.63, 3.8) is 0 Å². The quantitative estimate of drug-likeness (QED) is 0.511. The molecule has 0 aliphatic rings. The summed E-state index contributed by atoms with van der Waals surface area (Å²) < 4.78 is 11.7. The predicted octanol–water partition coefficient (Wildman–Crippen LogP) is 4.89. The maximum Gasteiger partial charge on any atom is 0.312 e. The average molecular weight is 382 g/mol. The van der Waals surface area contributed by atoms with Crippen molar-refractivity contribution >= 4 is 28.3 Å². The van der Waals surface area contributed by atoms with Gasteiger partial charge in [-0.15, -0.1) is 0 Å². The molecular formula is C19H35NO3Si2. The fourth-order valence-corrected chi connectivity index (χ4v) is 5.27. The van der Waals surface area contributed by atoms with Crippen molar-refractivity contribution in [2.45, 2.75) is 58.5 Å². The Hall–Kier alpha value is -1.12. The van der Waals surface area contributed by atoms with E-state index in [1.807, 2.05) is 37.8 Å². The average Bonchev–Trinajstić information content (AvgIpc) is 2.51. The van der Waals surface area contributed by atoms with Gasteiger partial charge in [0.2, 0.25) is 8.32 Å². The Morgan fingerprint density at radius 3 is 2.28 bits per heavy atom. The Morgan fingerprint density at radius 1 is 1.08 bits per heavy atom. The molecule has 0 N–H and O–H groups in total. The number of carbonyl (C=O) groups is 1. The van der Waals surface area contributed by atoms with Gasteiger partial charge in [0.1, 0.15) is 6.54 Å². The van der Waals surface area contributed by atoms with E-state index in [4.69, 9.17) is 8.85 Å². The van der Waals surface area contributed by atoms with Crippen molar-refractivity contribution in [1.82, 2.24) is 0 Å². The van der Waals surface area contributed by atoms with E-state index in [2.05, 4.69) is 37.1 Å². The molecule has 0 saturated carbocycles. The van der Waals surface area contributed by atoms with Crippen LogP contribution in [0.1, 0.15) is 19.8 Å². The van der Waals surface area contributed by atoms with Crippen LogP contribution in [0.2, 0.25) is 38.8 Å². The SMILES string of the molecule is CCCO[Si](C)(C)CCCN(CC(=O)O[Si](C)(C)C)c1ccccc1. The van der Waals surface area contributed by atoms with E-state index in [1.54, 1.807) is 0 Å². The fourth-order valence-electron chi connectivity index (χ4n) is 2.61. The maximum absolute atomic E-state index is 12.3. The molecule has 0 heterocycles. The van der Waals surface area contributed by atoms with Gasteiger partial charge in [0.15, 0.2) is 8.32 Å². The summed E-state index contributed by atoms with van der Waals surface area (Å²) in [5.74, 6) is -0.123. The first kappa shape index (κ1) is 21.9. The predicted molar refractivity (Wildman–Crippen MR) is 111 cm³/mol. The van der Waals surface area contributed by atoms with E-state index in [0.717, 1.165) is 37.7 Å². The van der Waals surface area contributed by atoms with Crippen molar-refractivity contribution in [3.05, 3.63) is 30.3 Å². The fraction of sp³-hybridized carbons (Fsp3) is 0.632. The molecule has 0 radical (unpaired) electrons. The van der Waals surface area contributed by atoms with Gasteiger partial charge in [-0.2, -0.15) is 0 Å². The Morgan fingerprint density at radius 2 is 1.72 bits per heavy atom. The van der Waals surface area contributed by atoms with Crippen molar-refractivity contribution in [1.29, 1.82) is 0 Å². The van der Waals surface area contributed by atoms with Gasteiger partial charge in [0, 0.05) is 18.8 Å². The van der Waals surface area contributed by atoms with Crippen LogP contribution in [0.15, 0.2) is 30.3 Å². The van der Waals surface area contributed by atoms with Crippen LogP contribution in [-0.4, -0.2) is 42.3 Å². The van der Waals surface area contributed by atoms with E-state index in [-0.39, 0.29) is 5.97 Å². The molecule has 0 aromatic heterocycles. The molecule has 0 amide bonds. The van der Waals surface area contributed by atoms with Crippen LogP contribution in [0.4, 0.5) is 5.69 Å². The van der Waals surface area contributed by atoms with E-state index in [0.29, 0.717) is 6.54 Å². The highest BCUT2D eigenvalue weighted by Gasteiger charge is 2.24. The molecule has 1 aromatic carbocycles. The molecule has 0 aliphatic heterocycles. The molecule has 0 saturated heterocycles. The van der Waals surface area contributed by atoms with E-state index >= 15 is 0 Å². The zero-order chi connectivity index (χ0) is 18.9. The molecule has 0 atom stereocenters. The van der Waals surface area contributed by atoms with Crippen LogP contribution in [-0.2, 0) is 13.6 Å². The molecule has 1 rings (SSSR count). The molecule has 0 aliphatic carbocycles. The number of anilines is 1. The minimum Gasteiger partial charge on any atom is -0.519 e. The van der Waals surface area contributed by atoms with Crippen LogP contribution in [0.5, 0.6) is 0 Å². The second-order valence-corrected chi connectivity index (χ2v) is 16.8. The number of hydrogen-bond acceptors (Lipinski definition) is 4. The van der Waals surface area contributed by atoms with Gasteiger partial charge in [-0.1, -0.05) is 25.1 Å². The summed E-state index contributed by atoms with van der Waals surface area (Å²) in [7, 11) is -3.46. The van der Waals surface area contributed by atoms with Gasteiger partial charge in [-0.25, -0.2) is 0 Å². The van der Waals surface area contributed by atoms with Gasteiger partial charge >= 0.3 is 5.97 Å². The third-order valence-electron chi connectivity index (χ3n) is 3.77. The zero-order valence-electron chi connectivity index (χ0n) is 16.8. The minimum absolute atomic E-state index is 0.123. The smallest absolute Gasteiger partial charge is 0.312 e. The monoisotopic (exact) mass is 381 g/mol. The summed E-state index contributed by atoms with van der Waals surface area (Å²) in [6.07, 6.45) is 2.09. The maximum atomic E-state index is 12.3. The van der Waals surface area contributed by atoms with E-state index < -0.39 is 16.6 Å². The lowest BCUT2D eigenvalue weighted by molar-refractivity contribution is -0.133. The molecule has 142 valence electrons. The Labute approximate surface area is 155 Å². The molecule has 6 heteroatoms. The Kier molecular flexibility index (Phi) is 8.89. The lowest BCUT2D eigenvalue weighted by Gasteiger charge is -2.28. The summed E-state index contributed by atoms with van der Waals surface area (Å²) in [6, 6.07) is 11.2. The molecule has 1 aromatic rings. The van der Waals surface area contributed by atoms with Crippen LogP contribution in [0.25, 0.3) is 0 Å². The first-order chi connectivity index (χ1) is 11.6. The summed E-state index contributed by atoms with van der Waals surface area (Å²) in [5, 5.41) is 0. The number of rotatable bonds is 11. The summed E-state index contributed by atoms with van der Waals surface area (Å²) in [4.78, 5) is 14.4. The molecule has 0 unspecified atom stereocenters. The largest absolute Gasteiger partial charge is 0.519 e. The first-order valence-corrected chi connectivity index (χ1v) is 15.8. The molecule has 25 heavy (non-hydrogen) atoms. The lowest BCUT2D eigenvalue weighted by Crippen LogP contribution is -2.38. The van der Waals surface area contributed by atoms with E-state index in [9.17, 15) is 4.79 Å². The molecule has 0 bridgehead atoms. The highest BCUT2D eigenvalue weighted by Crippen LogP contribution is 2.18. The molecular weight excluding hydrogens is 346 g/mol. The number of hydrogen-bond donors (Lipinski definition) is 0. The Balaban J connectivity index is 2.65.